The number of anilines is 1. The fraction of sp³-hybridized carbons (Fsp3) is 0.583. The van der Waals surface area contributed by atoms with Gasteiger partial charge in [-0.15, -0.1) is 11.3 Å². The summed E-state index contributed by atoms with van der Waals surface area (Å²) in [6.07, 6.45) is 5.03. The monoisotopic (exact) mass is 236 g/mol. The Hall–Kier alpha value is -1.03. The van der Waals surface area contributed by atoms with E-state index in [0.29, 0.717) is 0 Å². The van der Waals surface area contributed by atoms with E-state index >= 15 is 0 Å². The standard InChI is InChI=1S/C12H16N2OS/c1-13-9-6-8-16-11(9)12(15)14-7-4-2-3-5-10(13)14/h6,8,10H,2-5,7H2,1H3/t10-/m1/s1. The van der Waals surface area contributed by atoms with E-state index in [9.17, 15) is 4.79 Å². The van der Waals surface area contributed by atoms with Crippen molar-refractivity contribution >= 4 is 22.9 Å². The molecule has 1 fully saturated rings. The molecule has 1 saturated heterocycles. The highest BCUT2D eigenvalue weighted by atomic mass is 32.1. The molecule has 0 unspecified atom stereocenters. The second-order valence-corrected chi connectivity index (χ2v) is 5.49. The molecule has 0 radical (unpaired) electrons. The zero-order chi connectivity index (χ0) is 11.1. The van der Waals surface area contributed by atoms with Crippen LogP contribution in [0.3, 0.4) is 0 Å². The first-order chi connectivity index (χ1) is 7.79. The normalized spacial score (nSPS) is 25.1. The molecule has 86 valence electrons. The maximum atomic E-state index is 12.3. The highest BCUT2D eigenvalue weighted by Gasteiger charge is 2.36. The van der Waals surface area contributed by atoms with Gasteiger partial charge in [0.1, 0.15) is 11.0 Å². The summed E-state index contributed by atoms with van der Waals surface area (Å²) in [7, 11) is 2.11. The fourth-order valence-corrected chi connectivity index (χ4v) is 3.65. The van der Waals surface area contributed by atoms with Crippen LogP contribution in [0.2, 0.25) is 0 Å². The minimum absolute atomic E-state index is 0.245. The maximum Gasteiger partial charge on any atom is 0.267 e. The van der Waals surface area contributed by atoms with Crippen LogP contribution in [0.25, 0.3) is 0 Å². The SMILES string of the molecule is CN1c2ccsc2C(=O)N2CCCCC[C@@H]21. The Morgan fingerprint density at radius 2 is 2.25 bits per heavy atom. The van der Waals surface area contributed by atoms with Gasteiger partial charge in [-0.2, -0.15) is 0 Å². The Bertz CT molecular complexity index is 415. The van der Waals surface area contributed by atoms with Crippen LogP contribution in [-0.4, -0.2) is 30.6 Å². The van der Waals surface area contributed by atoms with E-state index in [4.69, 9.17) is 0 Å². The summed E-state index contributed by atoms with van der Waals surface area (Å²) in [5, 5.41) is 2.02. The van der Waals surface area contributed by atoms with Gasteiger partial charge in [0.15, 0.2) is 0 Å². The first kappa shape index (κ1) is 10.1. The van der Waals surface area contributed by atoms with Crippen LogP contribution >= 0.6 is 11.3 Å². The summed E-state index contributed by atoms with van der Waals surface area (Å²) >= 11 is 1.57. The van der Waals surface area contributed by atoms with Crippen molar-refractivity contribution < 1.29 is 4.79 Å². The van der Waals surface area contributed by atoms with Gasteiger partial charge in [0, 0.05) is 13.6 Å². The molecule has 4 heteroatoms. The zero-order valence-electron chi connectivity index (χ0n) is 9.48. The molecule has 0 saturated carbocycles. The molecule has 0 N–H and O–H groups in total. The topological polar surface area (TPSA) is 23.6 Å². The second kappa shape index (κ2) is 3.77. The summed E-state index contributed by atoms with van der Waals surface area (Å²) in [4.78, 5) is 17.6. The Morgan fingerprint density at radius 1 is 1.38 bits per heavy atom. The van der Waals surface area contributed by atoms with Gasteiger partial charge in [0.25, 0.3) is 5.91 Å². The van der Waals surface area contributed by atoms with E-state index in [1.54, 1.807) is 11.3 Å². The molecule has 3 nitrogen and oxygen atoms in total. The van der Waals surface area contributed by atoms with E-state index in [1.807, 2.05) is 5.38 Å². The van der Waals surface area contributed by atoms with Gasteiger partial charge in [-0.05, 0) is 30.7 Å². The molecule has 0 aromatic carbocycles. The predicted molar refractivity (Wildman–Crippen MR) is 66.0 cm³/mol. The molecule has 1 aromatic heterocycles. The number of hydrogen-bond donors (Lipinski definition) is 0. The fourth-order valence-electron chi connectivity index (χ4n) is 2.76. The highest BCUT2D eigenvalue weighted by molar-refractivity contribution is 7.12. The van der Waals surface area contributed by atoms with Gasteiger partial charge in [-0.25, -0.2) is 0 Å². The zero-order valence-corrected chi connectivity index (χ0v) is 10.3. The van der Waals surface area contributed by atoms with Crippen molar-refractivity contribution in [3.63, 3.8) is 0 Å². The van der Waals surface area contributed by atoms with Gasteiger partial charge in [0.05, 0.1) is 5.69 Å². The molecular formula is C12H16N2OS. The predicted octanol–water partition coefficient (Wildman–Crippen LogP) is 2.54. The van der Waals surface area contributed by atoms with Crippen molar-refractivity contribution in [3.8, 4) is 0 Å². The number of carbonyl (C=O) groups excluding carboxylic acids is 1. The molecule has 0 aliphatic carbocycles. The van der Waals surface area contributed by atoms with Crippen LogP contribution in [0.4, 0.5) is 5.69 Å². The minimum atomic E-state index is 0.245. The maximum absolute atomic E-state index is 12.3. The van der Waals surface area contributed by atoms with Gasteiger partial charge in [-0.3, -0.25) is 4.79 Å². The molecule has 1 atom stereocenters. The first-order valence-corrected chi connectivity index (χ1v) is 6.78. The average molecular weight is 236 g/mol. The smallest absolute Gasteiger partial charge is 0.267 e. The molecule has 1 amide bonds. The lowest BCUT2D eigenvalue weighted by molar-refractivity contribution is 0.0668. The van der Waals surface area contributed by atoms with Crippen molar-refractivity contribution in [2.24, 2.45) is 0 Å². The van der Waals surface area contributed by atoms with Crippen molar-refractivity contribution in [1.82, 2.24) is 4.90 Å². The van der Waals surface area contributed by atoms with Crippen molar-refractivity contribution in [2.75, 3.05) is 18.5 Å². The lowest BCUT2D eigenvalue weighted by Gasteiger charge is -2.41. The van der Waals surface area contributed by atoms with E-state index in [0.717, 1.165) is 30.0 Å². The molecule has 1 aromatic rings. The third-order valence-electron chi connectivity index (χ3n) is 3.65. The van der Waals surface area contributed by atoms with Gasteiger partial charge in [0.2, 0.25) is 0 Å². The van der Waals surface area contributed by atoms with Crippen LogP contribution in [0.5, 0.6) is 0 Å². The van der Waals surface area contributed by atoms with Gasteiger partial charge >= 0.3 is 0 Å². The van der Waals surface area contributed by atoms with E-state index in [-0.39, 0.29) is 12.1 Å². The van der Waals surface area contributed by atoms with Crippen LogP contribution < -0.4 is 4.90 Å². The number of fused-ring (bicyclic) bond motifs is 2. The molecule has 16 heavy (non-hydrogen) atoms. The van der Waals surface area contributed by atoms with Crippen LogP contribution in [0, 0.1) is 0 Å². The second-order valence-electron chi connectivity index (χ2n) is 4.57. The molecular weight excluding hydrogens is 220 g/mol. The Labute approximate surface area is 99.7 Å². The number of carbonyl (C=O) groups is 1. The number of amides is 1. The van der Waals surface area contributed by atoms with E-state index in [1.165, 1.54) is 12.8 Å². The molecule has 0 spiro atoms. The molecule has 0 bridgehead atoms. The largest absolute Gasteiger partial charge is 0.353 e. The summed E-state index contributed by atoms with van der Waals surface area (Å²) < 4.78 is 0. The van der Waals surface area contributed by atoms with Gasteiger partial charge in [-0.1, -0.05) is 6.42 Å². The van der Waals surface area contributed by atoms with E-state index in [2.05, 4.69) is 22.9 Å². The lowest BCUT2D eigenvalue weighted by Crippen LogP contribution is -2.52. The van der Waals surface area contributed by atoms with Crippen LogP contribution in [0.1, 0.15) is 35.4 Å². The quantitative estimate of drug-likeness (QED) is 0.691. The van der Waals surface area contributed by atoms with Crippen LogP contribution in [-0.2, 0) is 0 Å². The summed E-state index contributed by atoms with van der Waals surface area (Å²) in [5.41, 5.74) is 1.12. The molecule has 3 rings (SSSR count). The summed E-state index contributed by atoms with van der Waals surface area (Å²) in [5.74, 6) is 0.245. The third-order valence-corrected chi connectivity index (χ3v) is 4.54. The Balaban J connectivity index is 2.03. The Morgan fingerprint density at radius 3 is 3.12 bits per heavy atom. The molecule has 3 heterocycles. The van der Waals surface area contributed by atoms with E-state index < -0.39 is 0 Å². The molecule has 2 aliphatic heterocycles. The van der Waals surface area contributed by atoms with Crippen LogP contribution in [0.15, 0.2) is 11.4 Å². The number of hydrogen-bond acceptors (Lipinski definition) is 3. The lowest BCUT2D eigenvalue weighted by atomic mass is 10.1. The first-order valence-electron chi connectivity index (χ1n) is 5.90. The van der Waals surface area contributed by atoms with Crippen molar-refractivity contribution in [3.05, 3.63) is 16.3 Å². The third kappa shape index (κ3) is 1.36. The molecule has 2 aliphatic rings. The number of thiophene rings is 1. The summed E-state index contributed by atoms with van der Waals surface area (Å²) in [6, 6.07) is 2.07. The minimum Gasteiger partial charge on any atom is -0.353 e. The number of rotatable bonds is 0. The van der Waals surface area contributed by atoms with Gasteiger partial charge < -0.3 is 9.80 Å². The van der Waals surface area contributed by atoms with Crippen molar-refractivity contribution in [2.45, 2.75) is 31.8 Å². The Kier molecular flexibility index (Phi) is 2.39. The van der Waals surface area contributed by atoms with Crippen molar-refractivity contribution in [1.29, 1.82) is 0 Å². The number of nitrogens with zero attached hydrogens (tertiary/aromatic N) is 2. The average Bonchev–Trinajstić information content (AvgIpc) is 2.64. The summed E-state index contributed by atoms with van der Waals surface area (Å²) in [6.45, 7) is 0.922. The highest BCUT2D eigenvalue weighted by Crippen LogP contribution is 2.36.